The summed E-state index contributed by atoms with van der Waals surface area (Å²) >= 11 is 0. The maximum Gasteiger partial charge on any atom is 2.00 e. The molecule has 2 fully saturated rings. The average molecular weight is 459 g/mol. The molecule has 4 aliphatic rings. The zero-order valence-corrected chi connectivity index (χ0v) is 19.4. The zero-order chi connectivity index (χ0) is 15.0. The summed E-state index contributed by atoms with van der Waals surface area (Å²) in [6.07, 6.45) is 32.1. The van der Waals surface area contributed by atoms with Gasteiger partial charge in [0, 0.05) is 0 Å². The Morgan fingerprint density at radius 1 is 0.680 bits per heavy atom. The minimum atomic E-state index is 0. The molecule has 0 heterocycles. The molecular weight excluding hydrogens is 426 g/mol. The molecule has 0 radical (unpaired) electrons. The van der Waals surface area contributed by atoms with Crippen LogP contribution in [0.4, 0.5) is 0 Å². The predicted octanol–water partition coefficient (Wildman–Crippen LogP) is 7.35. The van der Waals surface area contributed by atoms with E-state index in [1.54, 1.807) is 0 Å². The van der Waals surface area contributed by atoms with Crippen LogP contribution in [0.15, 0.2) is 35.5 Å². The van der Waals surface area contributed by atoms with Gasteiger partial charge in [-0.2, -0.15) is 12.2 Å². The fourth-order valence-electron chi connectivity index (χ4n) is 4.23. The molecule has 0 bridgehead atoms. The van der Waals surface area contributed by atoms with Gasteiger partial charge >= 0.3 is 26.2 Å². The van der Waals surface area contributed by atoms with E-state index >= 15 is 0 Å². The molecule has 4 rings (SSSR count). The van der Waals surface area contributed by atoms with Gasteiger partial charge in [-0.1, -0.05) is 64.2 Å². The molecule has 138 valence electrons. The van der Waals surface area contributed by atoms with E-state index in [-0.39, 0.29) is 51.0 Å². The van der Waals surface area contributed by atoms with Crippen molar-refractivity contribution in [1.82, 2.24) is 0 Å². The summed E-state index contributed by atoms with van der Waals surface area (Å²) in [7, 11) is 0. The molecule has 0 amide bonds. The number of allylic oxidation sites excluding steroid dienone is 8. The molecule has 0 saturated heterocycles. The van der Waals surface area contributed by atoms with Gasteiger partial charge in [-0.05, 0) is 11.8 Å². The van der Waals surface area contributed by atoms with Crippen molar-refractivity contribution < 1.29 is 26.2 Å². The first-order valence-corrected chi connectivity index (χ1v) is 9.42. The SMILES string of the molecule is Cl.Cl.[C-]1=C(CC2CCCC2)C=CC1.[C-]1=C(CC2CCCC2)C=CC1.[Zr+2]. The molecule has 0 aromatic rings. The summed E-state index contributed by atoms with van der Waals surface area (Å²) in [6.45, 7) is 0. The second kappa shape index (κ2) is 14.5. The largest absolute Gasteiger partial charge is 2.00 e. The van der Waals surface area contributed by atoms with Crippen molar-refractivity contribution in [2.75, 3.05) is 0 Å². The van der Waals surface area contributed by atoms with E-state index < -0.39 is 0 Å². The molecule has 0 atom stereocenters. The summed E-state index contributed by atoms with van der Waals surface area (Å²) in [5.41, 5.74) is 2.94. The number of hydrogen-bond acceptors (Lipinski definition) is 0. The molecule has 0 N–H and O–H groups in total. The second-order valence-electron chi connectivity index (χ2n) is 7.33. The maximum atomic E-state index is 3.39. The van der Waals surface area contributed by atoms with Crippen molar-refractivity contribution in [3.63, 3.8) is 0 Å². The predicted molar refractivity (Wildman–Crippen MR) is 109 cm³/mol. The van der Waals surface area contributed by atoms with Gasteiger partial charge in [-0.15, -0.1) is 37.7 Å². The van der Waals surface area contributed by atoms with Gasteiger partial charge < -0.3 is 0 Å². The van der Waals surface area contributed by atoms with Crippen LogP contribution in [0.2, 0.25) is 0 Å². The van der Waals surface area contributed by atoms with Crippen LogP contribution >= 0.6 is 24.8 Å². The van der Waals surface area contributed by atoms with Crippen molar-refractivity contribution in [2.45, 2.75) is 77.0 Å². The van der Waals surface area contributed by atoms with E-state index in [1.165, 1.54) is 75.4 Å². The molecule has 0 nitrogen and oxygen atoms in total. The molecule has 25 heavy (non-hydrogen) atoms. The quantitative estimate of drug-likeness (QED) is 0.386. The van der Waals surface area contributed by atoms with Crippen LogP contribution in [0.3, 0.4) is 0 Å². The third-order valence-corrected chi connectivity index (χ3v) is 5.50. The van der Waals surface area contributed by atoms with Crippen LogP contribution in [0.5, 0.6) is 0 Å². The Kier molecular flexibility index (Phi) is 14.7. The van der Waals surface area contributed by atoms with Gasteiger partial charge in [0.1, 0.15) is 0 Å². The summed E-state index contributed by atoms with van der Waals surface area (Å²) in [4.78, 5) is 0. The fraction of sp³-hybridized carbons (Fsp3) is 0.636. The molecule has 3 heteroatoms. The van der Waals surface area contributed by atoms with Gasteiger partial charge in [0.25, 0.3) is 0 Å². The summed E-state index contributed by atoms with van der Waals surface area (Å²) in [5.74, 6) is 1.97. The molecule has 0 aliphatic heterocycles. The Hall–Kier alpha value is 0.423. The topological polar surface area (TPSA) is 0 Å². The molecule has 2 saturated carbocycles. The smallest absolute Gasteiger partial charge is 0.269 e. The Balaban J connectivity index is 0.000000411. The Bertz CT molecular complexity index is 420. The van der Waals surface area contributed by atoms with Gasteiger partial charge in [0.15, 0.2) is 0 Å². The second-order valence-corrected chi connectivity index (χ2v) is 7.33. The Morgan fingerprint density at radius 2 is 1.04 bits per heavy atom. The fourth-order valence-corrected chi connectivity index (χ4v) is 4.23. The number of rotatable bonds is 4. The van der Waals surface area contributed by atoms with Crippen molar-refractivity contribution in [3.8, 4) is 0 Å². The van der Waals surface area contributed by atoms with Crippen LogP contribution < -0.4 is 0 Å². The van der Waals surface area contributed by atoms with Crippen molar-refractivity contribution in [1.29, 1.82) is 0 Å². The molecule has 0 spiro atoms. The molecule has 4 aliphatic carbocycles. The van der Waals surface area contributed by atoms with E-state index in [0.717, 1.165) is 24.7 Å². The van der Waals surface area contributed by atoms with E-state index in [2.05, 4.69) is 36.5 Å². The van der Waals surface area contributed by atoms with E-state index in [0.29, 0.717) is 0 Å². The Morgan fingerprint density at radius 3 is 1.32 bits per heavy atom. The standard InChI is InChI=1S/2C11H15.2ClH.Zr/c2*1-2-6-10(5-1)9-11-7-3-4-8-11;;;/h2*1,5,11H,2-4,7-9H2;2*1H;/q2*-1;;;+2. The first kappa shape index (κ1) is 25.4. The normalized spacial score (nSPS) is 21.6. The third kappa shape index (κ3) is 9.26. The summed E-state index contributed by atoms with van der Waals surface area (Å²) < 4.78 is 0. The molecule has 0 aromatic heterocycles. The van der Waals surface area contributed by atoms with Gasteiger partial charge in [-0.25, -0.2) is 23.3 Å². The minimum absolute atomic E-state index is 0. The van der Waals surface area contributed by atoms with Crippen molar-refractivity contribution in [3.05, 3.63) is 47.6 Å². The number of hydrogen-bond donors (Lipinski definition) is 0. The first-order valence-electron chi connectivity index (χ1n) is 9.42. The number of halogens is 2. The van der Waals surface area contributed by atoms with Crippen LogP contribution in [-0.2, 0) is 26.2 Å². The van der Waals surface area contributed by atoms with Crippen molar-refractivity contribution >= 4 is 24.8 Å². The van der Waals surface area contributed by atoms with Crippen LogP contribution in [0.25, 0.3) is 0 Å². The van der Waals surface area contributed by atoms with Gasteiger partial charge in [0.2, 0.25) is 0 Å². The van der Waals surface area contributed by atoms with Crippen LogP contribution in [-0.4, -0.2) is 0 Å². The van der Waals surface area contributed by atoms with Crippen molar-refractivity contribution in [2.24, 2.45) is 11.8 Å². The van der Waals surface area contributed by atoms with Crippen LogP contribution in [0.1, 0.15) is 77.0 Å². The summed E-state index contributed by atoms with van der Waals surface area (Å²) in [5, 5.41) is 0. The first-order chi connectivity index (χ1) is 10.9. The monoisotopic (exact) mass is 456 g/mol. The van der Waals surface area contributed by atoms with Gasteiger partial charge in [-0.3, -0.25) is 12.2 Å². The summed E-state index contributed by atoms with van der Waals surface area (Å²) in [6, 6.07) is 0. The van der Waals surface area contributed by atoms with Crippen LogP contribution in [0, 0.1) is 24.0 Å². The van der Waals surface area contributed by atoms with E-state index in [1.807, 2.05) is 0 Å². The average Bonchev–Trinajstić information content (AvgIpc) is 3.31. The van der Waals surface area contributed by atoms with E-state index in [9.17, 15) is 0 Å². The van der Waals surface area contributed by atoms with Gasteiger partial charge in [0.05, 0.1) is 0 Å². The molecule has 0 unspecified atom stereocenters. The minimum Gasteiger partial charge on any atom is -0.269 e. The maximum absolute atomic E-state index is 3.39. The molecule has 0 aromatic carbocycles. The molecular formula is C22H32Cl2Zr. The zero-order valence-electron chi connectivity index (χ0n) is 15.3. The Labute approximate surface area is 186 Å². The van der Waals surface area contributed by atoms with E-state index in [4.69, 9.17) is 0 Å². The third-order valence-electron chi connectivity index (χ3n) is 5.50.